The van der Waals surface area contributed by atoms with Crippen molar-refractivity contribution in [1.29, 1.82) is 0 Å². The van der Waals surface area contributed by atoms with E-state index in [1.54, 1.807) is 12.1 Å². The molecule has 0 saturated heterocycles. The van der Waals surface area contributed by atoms with Crippen LogP contribution in [0.25, 0.3) is 0 Å². The van der Waals surface area contributed by atoms with Gasteiger partial charge in [0.25, 0.3) is 0 Å². The lowest BCUT2D eigenvalue weighted by atomic mass is 10.2. The molecule has 1 rings (SSSR count). The average molecular weight is 306 g/mol. The standard InChI is InChI=1S/C12H17BrFNO2/c13-11-3-1-4-12(14)10(11)9-15(6-8-17)5-2-7-16/h1,3-4,16-17H,2,5-9H2. The van der Waals surface area contributed by atoms with Crippen LogP contribution in [0.15, 0.2) is 22.7 Å². The van der Waals surface area contributed by atoms with Gasteiger partial charge in [0.15, 0.2) is 0 Å². The highest BCUT2D eigenvalue weighted by molar-refractivity contribution is 9.10. The molecule has 0 fully saturated rings. The van der Waals surface area contributed by atoms with Crippen molar-refractivity contribution in [2.24, 2.45) is 0 Å². The number of halogens is 2. The molecule has 2 N–H and O–H groups in total. The van der Waals surface area contributed by atoms with E-state index < -0.39 is 0 Å². The molecule has 0 bridgehead atoms. The number of aliphatic hydroxyl groups is 2. The van der Waals surface area contributed by atoms with Gasteiger partial charge < -0.3 is 10.2 Å². The summed E-state index contributed by atoms with van der Waals surface area (Å²) in [6.07, 6.45) is 0.617. The molecule has 0 amide bonds. The molecule has 0 aliphatic heterocycles. The van der Waals surface area contributed by atoms with E-state index in [-0.39, 0.29) is 19.0 Å². The van der Waals surface area contributed by atoms with Gasteiger partial charge in [-0.1, -0.05) is 22.0 Å². The third-order valence-corrected chi connectivity index (χ3v) is 3.24. The van der Waals surface area contributed by atoms with E-state index >= 15 is 0 Å². The van der Waals surface area contributed by atoms with Gasteiger partial charge in [0.05, 0.1) is 6.61 Å². The number of aliphatic hydroxyl groups excluding tert-OH is 2. The first kappa shape index (κ1) is 14.6. The minimum absolute atomic E-state index is 0.0253. The largest absolute Gasteiger partial charge is 0.396 e. The normalized spacial score (nSPS) is 11.1. The Labute approximate surface area is 109 Å². The van der Waals surface area contributed by atoms with Crippen LogP contribution in [-0.2, 0) is 6.54 Å². The smallest absolute Gasteiger partial charge is 0.128 e. The van der Waals surface area contributed by atoms with Gasteiger partial charge in [-0.05, 0) is 18.6 Å². The second kappa shape index (κ2) is 7.76. The Hall–Kier alpha value is -0.490. The molecule has 0 aromatic heterocycles. The van der Waals surface area contributed by atoms with Crippen molar-refractivity contribution in [2.45, 2.75) is 13.0 Å². The van der Waals surface area contributed by atoms with Crippen molar-refractivity contribution < 1.29 is 14.6 Å². The monoisotopic (exact) mass is 305 g/mol. The number of hydrogen-bond acceptors (Lipinski definition) is 3. The van der Waals surface area contributed by atoms with Crippen molar-refractivity contribution in [1.82, 2.24) is 4.90 Å². The van der Waals surface area contributed by atoms with Crippen LogP contribution in [0.3, 0.4) is 0 Å². The molecular formula is C12H17BrFNO2. The maximum atomic E-state index is 13.6. The quantitative estimate of drug-likeness (QED) is 0.807. The summed E-state index contributed by atoms with van der Waals surface area (Å²) in [5.41, 5.74) is 0.582. The SMILES string of the molecule is OCCCN(CCO)Cc1c(F)cccc1Br. The molecule has 96 valence electrons. The summed E-state index contributed by atoms with van der Waals surface area (Å²) in [5, 5.41) is 17.7. The van der Waals surface area contributed by atoms with Gasteiger partial charge >= 0.3 is 0 Å². The highest BCUT2D eigenvalue weighted by Gasteiger charge is 2.11. The zero-order valence-electron chi connectivity index (χ0n) is 9.57. The maximum absolute atomic E-state index is 13.6. The van der Waals surface area contributed by atoms with Crippen molar-refractivity contribution in [3.8, 4) is 0 Å². The van der Waals surface area contributed by atoms with Gasteiger partial charge in [-0.3, -0.25) is 4.90 Å². The van der Waals surface area contributed by atoms with Gasteiger partial charge in [0.2, 0.25) is 0 Å². The van der Waals surface area contributed by atoms with Crippen LogP contribution in [-0.4, -0.2) is 41.4 Å². The fraction of sp³-hybridized carbons (Fsp3) is 0.500. The minimum Gasteiger partial charge on any atom is -0.396 e. The molecular weight excluding hydrogens is 289 g/mol. The number of nitrogens with zero attached hydrogens (tertiary/aromatic N) is 1. The predicted molar refractivity (Wildman–Crippen MR) is 68.2 cm³/mol. The van der Waals surface area contributed by atoms with E-state index in [1.807, 2.05) is 4.90 Å². The molecule has 0 unspecified atom stereocenters. The molecule has 3 nitrogen and oxygen atoms in total. The third-order valence-electron chi connectivity index (χ3n) is 2.49. The first-order valence-electron chi connectivity index (χ1n) is 5.56. The van der Waals surface area contributed by atoms with E-state index in [2.05, 4.69) is 15.9 Å². The Morgan fingerprint density at radius 1 is 1.18 bits per heavy atom. The number of hydrogen-bond donors (Lipinski definition) is 2. The van der Waals surface area contributed by atoms with Gasteiger partial charge in [-0.2, -0.15) is 0 Å². The van der Waals surface area contributed by atoms with E-state index in [0.717, 1.165) is 4.47 Å². The fourth-order valence-electron chi connectivity index (χ4n) is 1.61. The van der Waals surface area contributed by atoms with Gasteiger partial charge in [-0.25, -0.2) is 4.39 Å². The second-order valence-electron chi connectivity index (χ2n) is 3.78. The first-order valence-corrected chi connectivity index (χ1v) is 6.35. The molecule has 1 aromatic carbocycles. The molecule has 0 aliphatic rings. The summed E-state index contributed by atoms with van der Waals surface area (Å²) in [4.78, 5) is 1.92. The fourth-order valence-corrected chi connectivity index (χ4v) is 2.08. The van der Waals surface area contributed by atoms with E-state index in [1.165, 1.54) is 6.07 Å². The van der Waals surface area contributed by atoms with Gasteiger partial charge in [0.1, 0.15) is 5.82 Å². The minimum atomic E-state index is -0.258. The highest BCUT2D eigenvalue weighted by Crippen LogP contribution is 2.21. The van der Waals surface area contributed by atoms with Gasteiger partial charge in [0, 0.05) is 36.3 Å². The lowest BCUT2D eigenvalue weighted by Gasteiger charge is -2.21. The third kappa shape index (κ3) is 4.71. The van der Waals surface area contributed by atoms with E-state index in [0.29, 0.717) is 31.6 Å². The summed E-state index contributed by atoms with van der Waals surface area (Å²) in [6.45, 7) is 1.66. The van der Waals surface area contributed by atoms with Crippen LogP contribution in [0.5, 0.6) is 0 Å². The van der Waals surface area contributed by atoms with Crippen LogP contribution in [0, 0.1) is 5.82 Å². The van der Waals surface area contributed by atoms with Crippen molar-refractivity contribution in [3.05, 3.63) is 34.1 Å². The summed E-state index contributed by atoms with van der Waals surface area (Å²) in [7, 11) is 0. The van der Waals surface area contributed by atoms with Crippen molar-refractivity contribution >= 4 is 15.9 Å². The molecule has 1 aromatic rings. The Balaban J connectivity index is 2.70. The molecule has 5 heteroatoms. The molecule has 0 atom stereocenters. The second-order valence-corrected chi connectivity index (χ2v) is 4.63. The maximum Gasteiger partial charge on any atom is 0.128 e. The molecule has 0 saturated carbocycles. The van der Waals surface area contributed by atoms with Crippen LogP contribution >= 0.6 is 15.9 Å². The number of benzene rings is 1. The highest BCUT2D eigenvalue weighted by atomic mass is 79.9. The first-order chi connectivity index (χ1) is 8.19. The van der Waals surface area contributed by atoms with E-state index in [9.17, 15) is 4.39 Å². The molecule has 0 radical (unpaired) electrons. The van der Waals surface area contributed by atoms with Crippen LogP contribution in [0.1, 0.15) is 12.0 Å². The molecule has 0 aliphatic carbocycles. The summed E-state index contributed by atoms with van der Waals surface area (Å²) in [6, 6.07) is 4.86. The number of rotatable bonds is 7. The summed E-state index contributed by atoms with van der Waals surface area (Å²) >= 11 is 3.32. The Kier molecular flexibility index (Phi) is 6.65. The summed E-state index contributed by atoms with van der Waals surface area (Å²) in [5.74, 6) is -0.258. The summed E-state index contributed by atoms with van der Waals surface area (Å²) < 4.78 is 14.3. The molecule has 0 heterocycles. The lowest BCUT2D eigenvalue weighted by molar-refractivity contribution is 0.172. The Morgan fingerprint density at radius 3 is 2.53 bits per heavy atom. The predicted octanol–water partition coefficient (Wildman–Crippen LogP) is 1.76. The van der Waals surface area contributed by atoms with Crippen molar-refractivity contribution in [3.63, 3.8) is 0 Å². The topological polar surface area (TPSA) is 43.7 Å². The molecule has 0 spiro atoms. The zero-order chi connectivity index (χ0) is 12.7. The Bertz CT molecular complexity index is 329. The van der Waals surface area contributed by atoms with E-state index in [4.69, 9.17) is 10.2 Å². The van der Waals surface area contributed by atoms with Crippen molar-refractivity contribution in [2.75, 3.05) is 26.3 Å². The Morgan fingerprint density at radius 2 is 1.94 bits per heavy atom. The van der Waals surface area contributed by atoms with Crippen LogP contribution < -0.4 is 0 Å². The zero-order valence-corrected chi connectivity index (χ0v) is 11.2. The van der Waals surface area contributed by atoms with Crippen LogP contribution in [0.4, 0.5) is 4.39 Å². The molecule has 17 heavy (non-hydrogen) atoms. The lowest BCUT2D eigenvalue weighted by Crippen LogP contribution is -2.28. The van der Waals surface area contributed by atoms with Gasteiger partial charge in [-0.15, -0.1) is 0 Å². The average Bonchev–Trinajstić information content (AvgIpc) is 2.31. The van der Waals surface area contributed by atoms with Crippen LogP contribution in [0.2, 0.25) is 0 Å².